The molecule has 0 heterocycles. The summed E-state index contributed by atoms with van der Waals surface area (Å²) in [6.07, 6.45) is 0. The zero-order valence-corrected chi connectivity index (χ0v) is 9.49. The van der Waals surface area contributed by atoms with Crippen molar-refractivity contribution in [1.82, 2.24) is 0 Å². The number of hydrogen-bond donors (Lipinski definition) is 0. The molecular weight excluding hydrogens is 182 g/mol. The first-order chi connectivity index (χ1) is 6.54. The van der Waals surface area contributed by atoms with E-state index in [4.69, 9.17) is 0 Å². The number of rotatable bonds is 1. The van der Waals surface area contributed by atoms with Crippen LogP contribution in [0, 0.1) is 18.6 Å². The third-order valence-electron chi connectivity index (χ3n) is 1.97. The van der Waals surface area contributed by atoms with Crippen LogP contribution in [0.5, 0.6) is 0 Å². The third-order valence-corrected chi connectivity index (χ3v) is 1.97. The largest absolute Gasteiger partial charge is 0.207 e. The molecule has 80 valence electrons. The monoisotopic (exact) mass is 200 g/mol. The van der Waals surface area contributed by atoms with Crippen molar-refractivity contribution >= 4 is 0 Å². The molecule has 0 saturated heterocycles. The van der Waals surface area contributed by atoms with Gasteiger partial charge in [0.15, 0.2) is 0 Å². The van der Waals surface area contributed by atoms with Crippen molar-refractivity contribution < 1.29 is 8.78 Å². The average Bonchev–Trinajstić information content (AvgIpc) is 2.15. The summed E-state index contributed by atoms with van der Waals surface area (Å²) in [5.41, 5.74) is 0.903. The smallest absolute Gasteiger partial charge is 0.127 e. The standard InChI is InChI=1S/C10H12F2.C2H6/c1-6(2)10-7(3)8(11)4-5-9(10)12;1-2/h4-6H,1-3H3;1-2H3. The van der Waals surface area contributed by atoms with E-state index in [1.165, 1.54) is 6.07 Å². The average molecular weight is 200 g/mol. The van der Waals surface area contributed by atoms with Gasteiger partial charge in [0.2, 0.25) is 0 Å². The van der Waals surface area contributed by atoms with Crippen molar-refractivity contribution in [2.75, 3.05) is 0 Å². The Morgan fingerprint density at radius 2 is 1.43 bits per heavy atom. The molecule has 2 heteroatoms. The van der Waals surface area contributed by atoms with Crippen molar-refractivity contribution in [3.05, 3.63) is 34.9 Å². The van der Waals surface area contributed by atoms with Gasteiger partial charge < -0.3 is 0 Å². The number of halogens is 2. The van der Waals surface area contributed by atoms with Crippen molar-refractivity contribution in [3.63, 3.8) is 0 Å². The molecule has 0 unspecified atom stereocenters. The lowest BCUT2D eigenvalue weighted by Crippen LogP contribution is -1.99. The van der Waals surface area contributed by atoms with E-state index >= 15 is 0 Å². The maximum Gasteiger partial charge on any atom is 0.127 e. The molecule has 1 rings (SSSR count). The molecule has 0 N–H and O–H groups in total. The molecule has 0 aliphatic carbocycles. The maximum atomic E-state index is 13.1. The second kappa shape index (κ2) is 5.74. The fourth-order valence-corrected chi connectivity index (χ4v) is 1.38. The van der Waals surface area contributed by atoms with E-state index in [9.17, 15) is 8.78 Å². The Kier molecular flexibility index (Phi) is 5.36. The van der Waals surface area contributed by atoms with Gasteiger partial charge in [0, 0.05) is 0 Å². The predicted octanol–water partition coefficient (Wildman–Crippen LogP) is 4.42. The van der Waals surface area contributed by atoms with Crippen LogP contribution < -0.4 is 0 Å². The summed E-state index contributed by atoms with van der Waals surface area (Å²) in [5, 5.41) is 0. The van der Waals surface area contributed by atoms with Crippen molar-refractivity contribution in [2.24, 2.45) is 0 Å². The fraction of sp³-hybridized carbons (Fsp3) is 0.500. The summed E-state index contributed by atoms with van der Waals surface area (Å²) in [4.78, 5) is 0. The van der Waals surface area contributed by atoms with Crippen LogP contribution in [-0.4, -0.2) is 0 Å². The minimum absolute atomic E-state index is 0.0284. The highest BCUT2D eigenvalue weighted by molar-refractivity contribution is 5.31. The molecule has 0 bridgehead atoms. The first-order valence-corrected chi connectivity index (χ1v) is 4.98. The first kappa shape index (κ1) is 13.1. The van der Waals surface area contributed by atoms with Crippen LogP contribution in [0.1, 0.15) is 44.7 Å². The molecule has 0 aliphatic rings. The second-order valence-corrected chi connectivity index (χ2v) is 3.22. The zero-order valence-electron chi connectivity index (χ0n) is 9.49. The third kappa shape index (κ3) is 2.79. The minimum atomic E-state index is -0.333. The minimum Gasteiger partial charge on any atom is -0.207 e. The van der Waals surface area contributed by atoms with Crippen LogP contribution in [0.25, 0.3) is 0 Å². The Morgan fingerprint density at radius 3 is 1.79 bits per heavy atom. The molecule has 0 fully saturated rings. The van der Waals surface area contributed by atoms with Gasteiger partial charge in [-0.1, -0.05) is 27.7 Å². The molecule has 1 aromatic carbocycles. The molecule has 14 heavy (non-hydrogen) atoms. The van der Waals surface area contributed by atoms with E-state index < -0.39 is 0 Å². The fourth-order valence-electron chi connectivity index (χ4n) is 1.38. The van der Waals surface area contributed by atoms with Gasteiger partial charge in [0.1, 0.15) is 11.6 Å². The van der Waals surface area contributed by atoms with Crippen LogP contribution in [0.4, 0.5) is 8.78 Å². The van der Waals surface area contributed by atoms with Crippen LogP contribution in [0.3, 0.4) is 0 Å². The Morgan fingerprint density at radius 1 is 1.00 bits per heavy atom. The quantitative estimate of drug-likeness (QED) is 0.629. The summed E-state index contributed by atoms with van der Waals surface area (Å²) in [7, 11) is 0. The molecule has 0 aliphatic heterocycles. The second-order valence-electron chi connectivity index (χ2n) is 3.22. The molecular formula is C12H18F2. The topological polar surface area (TPSA) is 0 Å². The van der Waals surface area contributed by atoms with E-state index in [-0.39, 0.29) is 17.6 Å². The van der Waals surface area contributed by atoms with Gasteiger partial charge in [-0.3, -0.25) is 0 Å². The van der Waals surface area contributed by atoms with E-state index in [0.29, 0.717) is 11.1 Å². The van der Waals surface area contributed by atoms with Crippen molar-refractivity contribution in [2.45, 2.75) is 40.5 Å². The lowest BCUT2D eigenvalue weighted by molar-refractivity contribution is 0.567. The number of benzene rings is 1. The van der Waals surface area contributed by atoms with Gasteiger partial charge in [0.25, 0.3) is 0 Å². The maximum absolute atomic E-state index is 13.1. The normalized spacial score (nSPS) is 9.71. The SMILES string of the molecule is CC.Cc1c(F)ccc(F)c1C(C)C. The molecule has 0 amide bonds. The summed E-state index contributed by atoms with van der Waals surface area (Å²) in [6, 6.07) is 2.34. The highest BCUT2D eigenvalue weighted by Crippen LogP contribution is 2.23. The summed E-state index contributed by atoms with van der Waals surface area (Å²) < 4.78 is 26.1. The van der Waals surface area contributed by atoms with Crippen LogP contribution in [0.2, 0.25) is 0 Å². The highest BCUT2D eigenvalue weighted by Gasteiger charge is 2.12. The predicted molar refractivity (Wildman–Crippen MR) is 56.5 cm³/mol. The molecule has 0 nitrogen and oxygen atoms in total. The highest BCUT2D eigenvalue weighted by atomic mass is 19.1. The Bertz CT molecular complexity index is 291. The summed E-state index contributed by atoms with van der Waals surface area (Å²) >= 11 is 0. The Balaban J connectivity index is 0.000000791. The van der Waals surface area contributed by atoms with Crippen molar-refractivity contribution in [1.29, 1.82) is 0 Å². The molecule has 0 spiro atoms. The van der Waals surface area contributed by atoms with E-state index in [2.05, 4.69) is 0 Å². The molecule has 0 saturated carbocycles. The first-order valence-electron chi connectivity index (χ1n) is 4.98. The Labute approximate surface area is 85.0 Å². The van der Waals surface area contributed by atoms with Gasteiger partial charge in [-0.25, -0.2) is 8.78 Å². The number of hydrogen-bond acceptors (Lipinski definition) is 0. The molecule has 0 radical (unpaired) electrons. The Hall–Kier alpha value is -0.920. The molecule has 0 atom stereocenters. The molecule has 1 aromatic rings. The summed E-state index contributed by atoms with van der Waals surface area (Å²) in [6.45, 7) is 9.31. The molecule has 0 aromatic heterocycles. The van der Waals surface area contributed by atoms with Crippen LogP contribution in [-0.2, 0) is 0 Å². The lowest BCUT2D eigenvalue weighted by Gasteiger charge is -2.10. The van der Waals surface area contributed by atoms with Gasteiger partial charge in [-0.05, 0) is 36.1 Å². The lowest BCUT2D eigenvalue weighted by atomic mass is 9.97. The zero-order chi connectivity index (χ0) is 11.3. The van der Waals surface area contributed by atoms with Gasteiger partial charge in [-0.2, -0.15) is 0 Å². The van der Waals surface area contributed by atoms with E-state index in [1.807, 2.05) is 27.7 Å². The van der Waals surface area contributed by atoms with E-state index in [1.54, 1.807) is 6.92 Å². The van der Waals surface area contributed by atoms with Gasteiger partial charge >= 0.3 is 0 Å². The van der Waals surface area contributed by atoms with Gasteiger partial charge in [0.05, 0.1) is 0 Å². The van der Waals surface area contributed by atoms with Crippen molar-refractivity contribution in [3.8, 4) is 0 Å². The van der Waals surface area contributed by atoms with Crippen LogP contribution in [0.15, 0.2) is 12.1 Å². The van der Waals surface area contributed by atoms with E-state index in [0.717, 1.165) is 6.07 Å². The van der Waals surface area contributed by atoms with Gasteiger partial charge in [-0.15, -0.1) is 0 Å². The van der Waals surface area contributed by atoms with Crippen LogP contribution >= 0.6 is 0 Å². The summed E-state index contributed by atoms with van der Waals surface area (Å²) in [5.74, 6) is -0.621.